The van der Waals surface area contributed by atoms with Crippen molar-refractivity contribution < 1.29 is 4.52 Å². The lowest BCUT2D eigenvalue weighted by Crippen LogP contribution is -1.96. The number of nitrogens with zero attached hydrogens (tertiary/aromatic N) is 3. The molecule has 0 bridgehead atoms. The van der Waals surface area contributed by atoms with Gasteiger partial charge in [0, 0.05) is 17.8 Å². The van der Waals surface area contributed by atoms with E-state index in [4.69, 9.17) is 10.3 Å². The molecule has 1 aliphatic carbocycles. The minimum absolute atomic E-state index is 0.449. The minimum Gasteiger partial charge on any atom is -0.332 e. The summed E-state index contributed by atoms with van der Waals surface area (Å²) in [6.07, 6.45) is 3.57. The van der Waals surface area contributed by atoms with Crippen LogP contribution in [0.5, 0.6) is 0 Å². The summed E-state index contributed by atoms with van der Waals surface area (Å²) >= 11 is 1.52. The highest BCUT2D eigenvalue weighted by Crippen LogP contribution is 2.37. The quantitative estimate of drug-likeness (QED) is 0.921. The van der Waals surface area contributed by atoms with Crippen LogP contribution < -0.4 is 5.73 Å². The first-order valence-electron chi connectivity index (χ1n) is 6.24. The van der Waals surface area contributed by atoms with Crippen molar-refractivity contribution in [2.45, 2.75) is 38.6 Å². The highest BCUT2D eigenvalue weighted by Gasteiger charge is 2.27. The Balaban J connectivity index is 1.80. The molecule has 0 saturated heterocycles. The third kappa shape index (κ3) is 2.18. The average Bonchev–Trinajstić information content (AvgIpc) is 3.07. The monoisotopic (exact) mass is 264 g/mol. The standard InChI is InChI=1S/C12H16N4OS/c1-7-2-3-8(4-7)11-15-12(17-16-11)9-6-18-10(5-13)14-9/h6-8H,2-5,13H2,1H3. The molecule has 0 aromatic carbocycles. The van der Waals surface area contributed by atoms with E-state index < -0.39 is 0 Å². The highest BCUT2D eigenvalue weighted by atomic mass is 32.1. The van der Waals surface area contributed by atoms with Gasteiger partial charge in [-0.1, -0.05) is 12.1 Å². The van der Waals surface area contributed by atoms with Crippen molar-refractivity contribution in [3.05, 3.63) is 16.2 Å². The molecule has 0 aliphatic heterocycles. The number of aromatic nitrogens is 3. The molecule has 1 fully saturated rings. The molecule has 2 N–H and O–H groups in total. The lowest BCUT2D eigenvalue weighted by Gasteiger charge is -2.01. The molecule has 6 heteroatoms. The van der Waals surface area contributed by atoms with Crippen molar-refractivity contribution in [3.63, 3.8) is 0 Å². The van der Waals surface area contributed by atoms with Crippen molar-refractivity contribution in [2.75, 3.05) is 0 Å². The van der Waals surface area contributed by atoms with Crippen LogP contribution in [0.25, 0.3) is 11.6 Å². The van der Waals surface area contributed by atoms with Crippen molar-refractivity contribution in [3.8, 4) is 11.6 Å². The molecule has 1 saturated carbocycles. The fourth-order valence-electron chi connectivity index (χ4n) is 2.45. The van der Waals surface area contributed by atoms with Crippen LogP contribution in [0.15, 0.2) is 9.90 Å². The first kappa shape index (κ1) is 11.8. The number of hydrogen-bond donors (Lipinski definition) is 1. The largest absolute Gasteiger partial charge is 0.332 e. The smallest absolute Gasteiger partial charge is 0.277 e. The van der Waals surface area contributed by atoms with Gasteiger partial charge in [-0.2, -0.15) is 4.98 Å². The Bertz CT molecular complexity index is 536. The van der Waals surface area contributed by atoms with Crippen LogP contribution in [-0.4, -0.2) is 15.1 Å². The third-order valence-electron chi connectivity index (χ3n) is 3.45. The molecular formula is C12H16N4OS. The summed E-state index contributed by atoms with van der Waals surface area (Å²) < 4.78 is 5.30. The van der Waals surface area contributed by atoms with E-state index in [2.05, 4.69) is 22.0 Å². The summed E-state index contributed by atoms with van der Waals surface area (Å²) in [6.45, 7) is 2.72. The van der Waals surface area contributed by atoms with E-state index in [-0.39, 0.29) is 0 Å². The second-order valence-corrected chi connectivity index (χ2v) is 5.85. The molecule has 1 aliphatic rings. The summed E-state index contributed by atoms with van der Waals surface area (Å²) in [5.41, 5.74) is 6.28. The topological polar surface area (TPSA) is 77.8 Å². The van der Waals surface area contributed by atoms with Crippen molar-refractivity contribution in [2.24, 2.45) is 11.7 Å². The zero-order chi connectivity index (χ0) is 12.5. The zero-order valence-corrected chi connectivity index (χ0v) is 11.1. The van der Waals surface area contributed by atoms with Crippen LogP contribution in [-0.2, 0) is 6.54 Å². The van der Waals surface area contributed by atoms with Crippen LogP contribution in [0, 0.1) is 5.92 Å². The first-order valence-corrected chi connectivity index (χ1v) is 7.12. The molecule has 0 spiro atoms. The summed E-state index contributed by atoms with van der Waals surface area (Å²) in [7, 11) is 0. The van der Waals surface area contributed by atoms with Crippen molar-refractivity contribution in [1.29, 1.82) is 0 Å². The zero-order valence-electron chi connectivity index (χ0n) is 10.3. The summed E-state index contributed by atoms with van der Waals surface area (Å²) in [6, 6.07) is 0. The van der Waals surface area contributed by atoms with Gasteiger partial charge >= 0.3 is 0 Å². The Labute approximate surface area is 109 Å². The molecule has 2 aromatic rings. The fraction of sp³-hybridized carbons (Fsp3) is 0.583. The van der Waals surface area contributed by atoms with E-state index in [0.717, 1.165) is 35.3 Å². The van der Waals surface area contributed by atoms with E-state index in [1.807, 2.05) is 5.38 Å². The SMILES string of the molecule is CC1CCC(c2noc(-c3csc(CN)n3)n2)C1. The Morgan fingerprint density at radius 2 is 2.33 bits per heavy atom. The van der Waals surface area contributed by atoms with Gasteiger partial charge in [0.1, 0.15) is 10.7 Å². The molecule has 96 valence electrons. The number of hydrogen-bond acceptors (Lipinski definition) is 6. The van der Waals surface area contributed by atoms with E-state index in [9.17, 15) is 0 Å². The third-order valence-corrected chi connectivity index (χ3v) is 4.32. The number of rotatable bonds is 3. The van der Waals surface area contributed by atoms with Gasteiger partial charge in [-0.25, -0.2) is 4.98 Å². The van der Waals surface area contributed by atoms with Crippen LogP contribution >= 0.6 is 11.3 Å². The second kappa shape index (κ2) is 4.78. The Hall–Kier alpha value is -1.27. The Morgan fingerprint density at radius 1 is 1.44 bits per heavy atom. The van der Waals surface area contributed by atoms with E-state index in [1.54, 1.807) is 0 Å². The first-order chi connectivity index (χ1) is 8.76. The molecule has 2 heterocycles. The molecule has 2 atom stereocenters. The molecule has 18 heavy (non-hydrogen) atoms. The van der Waals surface area contributed by atoms with E-state index >= 15 is 0 Å². The molecule has 0 amide bonds. The summed E-state index contributed by atoms with van der Waals surface area (Å²) in [5, 5.41) is 6.89. The summed E-state index contributed by atoms with van der Waals surface area (Å²) in [4.78, 5) is 8.82. The number of nitrogens with two attached hydrogens (primary N) is 1. The molecule has 5 nitrogen and oxygen atoms in total. The maximum absolute atomic E-state index is 5.54. The van der Waals surface area contributed by atoms with Gasteiger partial charge in [-0.3, -0.25) is 0 Å². The van der Waals surface area contributed by atoms with Crippen LogP contribution in [0.4, 0.5) is 0 Å². The lowest BCUT2D eigenvalue weighted by molar-refractivity contribution is 0.414. The minimum atomic E-state index is 0.449. The van der Waals surface area contributed by atoms with Gasteiger partial charge in [-0.05, 0) is 25.2 Å². The van der Waals surface area contributed by atoms with E-state index in [1.165, 1.54) is 17.8 Å². The van der Waals surface area contributed by atoms with Crippen LogP contribution in [0.2, 0.25) is 0 Å². The van der Waals surface area contributed by atoms with Crippen molar-refractivity contribution in [1.82, 2.24) is 15.1 Å². The predicted octanol–water partition coefficient (Wildman–Crippen LogP) is 2.56. The van der Waals surface area contributed by atoms with Crippen LogP contribution in [0.3, 0.4) is 0 Å². The van der Waals surface area contributed by atoms with Gasteiger partial charge in [0.2, 0.25) is 0 Å². The van der Waals surface area contributed by atoms with Crippen LogP contribution in [0.1, 0.15) is 42.9 Å². The lowest BCUT2D eigenvalue weighted by atomic mass is 10.1. The van der Waals surface area contributed by atoms with E-state index in [0.29, 0.717) is 18.4 Å². The Morgan fingerprint density at radius 3 is 3.00 bits per heavy atom. The maximum atomic E-state index is 5.54. The Kier molecular flexibility index (Phi) is 3.13. The van der Waals surface area contributed by atoms with Crippen molar-refractivity contribution >= 4 is 11.3 Å². The molecule has 0 radical (unpaired) electrons. The van der Waals surface area contributed by atoms with Gasteiger partial charge < -0.3 is 10.3 Å². The molecular weight excluding hydrogens is 248 g/mol. The van der Waals surface area contributed by atoms with Gasteiger partial charge in [0.05, 0.1) is 0 Å². The molecule has 2 unspecified atom stereocenters. The van der Waals surface area contributed by atoms with Gasteiger partial charge in [0.15, 0.2) is 5.82 Å². The average molecular weight is 264 g/mol. The van der Waals surface area contributed by atoms with Gasteiger partial charge in [-0.15, -0.1) is 11.3 Å². The van der Waals surface area contributed by atoms with Gasteiger partial charge in [0.25, 0.3) is 5.89 Å². The predicted molar refractivity (Wildman–Crippen MR) is 69.1 cm³/mol. The fourth-order valence-corrected chi connectivity index (χ4v) is 3.10. The molecule has 3 rings (SSSR count). The second-order valence-electron chi connectivity index (χ2n) is 4.90. The molecule has 2 aromatic heterocycles. The normalized spacial score (nSPS) is 23.7. The summed E-state index contributed by atoms with van der Waals surface area (Å²) in [5.74, 6) is 2.56. The maximum Gasteiger partial charge on any atom is 0.277 e. The number of thiazole rings is 1. The highest BCUT2D eigenvalue weighted by molar-refractivity contribution is 7.09.